The third kappa shape index (κ3) is 5.48. The molecule has 0 fully saturated rings. The number of pyridine rings is 1. The van der Waals surface area contributed by atoms with Crippen molar-refractivity contribution in [1.29, 1.82) is 0 Å². The second kappa shape index (κ2) is 12.0. The molecule has 6 heteroatoms. The van der Waals surface area contributed by atoms with Crippen LogP contribution in [-0.2, 0) is 6.54 Å². The average molecular weight is 437 g/mol. The van der Waals surface area contributed by atoms with E-state index in [4.69, 9.17) is 4.98 Å². The van der Waals surface area contributed by atoms with Crippen LogP contribution in [0.4, 0.5) is 5.69 Å². The summed E-state index contributed by atoms with van der Waals surface area (Å²) < 4.78 is 2.31. The Hall–Kier alpha value is -2.44. The molecule has 1 aromatic carbocycles. The van der Waals surface area contributed by atoms with E-state index in [0.717, 1.165) is 75.8 Å². The lowest BCUT2D eigenvalue weighted by atomic mass is 10.1. The number of aryl methyl sites for hydroxylation is 1. The van der Waals surface area contributed by atoms with E-state index in [-0.39, 0.29) is 0 Å². The Bertz CT molecular complexity index is 942. The molecule has 3 aromatic rings. The normalized spacial score (nSPS) is 11.7. The van der Waals surface area contributed by atoms with Gasteiger partial charge in [-0.1, -0.05) is 39.8 Å². The van der Waals surface area contributed by atoms with E-state index >= 15 is 0 Å². The first-order chi connectivity index (χ1) is 15.7. The predicted octanol–water partition coefficient (Wildman–Crippen LogP) is 4.61. The molecule has 0 saturated carbocycles. The maximum absolute atomic E-state index is 5.00. The standard InChI is InChI=1S/C26H40N6/c1-6-29(7-2)17-19-31(20-18-30(8-3)9-4)24-14-12-11-13-22(24)26-28-23-21-27-16-15-25(23)32(26)10-5/h11-16,21H,6-10,17-20H2,1-5H3. The summed E-state index contributed by atoms with van der Waals surface area (Å²) in [5, 5.41) is 0. The Morgan fingerprint density at radius 2 is 1.41 bits per heavy atom. The fourth-order valence-electron chi connectivity index (χ4n) is 4.40. The lowest BCUT2D eigenvalue weighted by molar-refractivity contribution is 0.294. The van der Waals surface area contributed by atoms with Gasteiger partial charge >= 0.3 is 0 Å². The highest BCUT2D eigenvalue weighted by molar-refractivity contribution is 5.84. The van der Waals surface area contributed by atoms with Crippen molar-refractivity contribution in [2.24, 2.45) is 0 Å². The van der Waals surface area contributed by atoms with Crippen molar-refractivity contribution in [3.05, 3.63) is 42.7 Å². The van der Waals surface area contributed by atoms with Gasteiger partial charge in [-0.2, -0.15) is 0 Å². The first-order valence-electron chi connectivity index (χ1n) is 12.3. The highest BCUT2D eigenvalue weighted by Gasteiger charge is 2.19. The number of aromatic nitrogens is 3. The Labute approximate surface area is 193 Å². The average Bonchev–Trinajstić information content (AvgIpc) is 3.22. The van der Waals surface area contributed by atoms with Crippen LogP contribution < -0.4 is 4.90 Å². The van der Waals surface area contributed by atoms with Crippen molar-refractivity contribution in [2.75, 3.05) is 57.3 Å². The molecule has 0 aliphatic carbocycles. The van der Waals surface area contributed by atoms with Gasteiger partial charge in [0.1, 0.15) is 11.3 Å². The molecule has 0 spiro atoms. The molecule has 0 atom stereocenters. The number of fused-ring (bicyclic) bond motifs is 1. The van der Waals surface area contributed by atoms with Gasteiger partial charge in [-0.15, -0.1) is 0 Å². The van der Waals surface area contributed by atoms with Crippen molar-refractivity contribution in [3.8, 4) is 11.4 Å². The van der Waals surface area contributed by atoms with Crippen molar-refractivity contribution < 1.29 is 0 Å². The van der Waals surface area contributed by atoms with Crippen molar-refractivity contribution in [1.82, 2.24) is 24.3 Å². The number of hydrogen-bond acceptors (Lipinski definition) is 5. The summed E-state index contributed by atoms with van der Waals surface area (Å²) in [4.78, 5) is 16.9. The third-order valence-corrected chi connectivity index (χ3v) is 6.51. The highest BCUT2D eigenvalue weighted by Crippen LogP contribution is 2.32. The van der Waals surface area contributed by atoms with Crippen molar-refractivity contribution >= 4 is 16.7 Å². The summed E-state index contributed by atoms with van der Waals surface area (Å²) in [6.45, 7) is 20.5. The zero-order valence-corrected chi connectivity index (χ0v) is 20.6. The van der Waals surface area contributed by atoms with Crippen LogP contribution in [0.3, 0.4) is 0 Å². The molecule has 0 amide bonds. The number of anilines is 1. The Morgan fingerprint density at radius 3 is 2.00 bits per heavy atom. The Balaban J connectivity index is 2.00. The molecule has 6 nitrogen and oxygen atoms in total. The molecule has 0 unspecified atom stereocenters. The molecule has 2 aromatic heterocycles. The Kier molecular flexibility index (Phi) is 9.06. The van der Waals surface area contributed by atoms with Gasteiger partial charge in [0.25, 0.3) is 0 Å². The SMILES string of the molecule is CCN(CC)CCN(CCN(CC)CC)c1ccccc1-c1nc2cnccc2n1CC. The molecular weight excluding hydrogens is 396 g/mol. The molecule has 0 aliphatic heterocycles. The fraction of sp³-hybridized carbons (Fsp3) is 0.538. The van der Waals surface area contributed by atoms with Crippen LogP contribution in [0, 0.1) is 0 Å². The lowest BCUT2D eigenvalue weighted by Gasteiger charge is -2.31. The Morgan fingerprint density at radius 1 is 0.781 bits per heavy atom. The molecule has 0 bridgehead atoms. The molecule has 32 heavy (non-hydrogen) atoms. The third-order valence-electron chi connectivity index (χ3n) is 6.51. The maximum atomic E-state index is 5.00. The minimum absolute atomic E-state index is 0.878. The van der Waals surface area contributed by atoms with Crippen LogP contribution in [0.2, 0.25) is 0 Å². The van der Waals surface area contributed by atoms with Crippen LogP contribution in [-0.4, -0.2) is 76.7 Å². The first-order valence-corrected chi connectivity index (χ1v) is 12.3. The molecule has 2 heterocycles. The van der Waals surface area contributed by atoms with Crippen molar-refractivity contribution in [2.45, 2.75) is 41.2 Å². The van der Waals surface area contributed by atoms with E-state index in [1.807, 2.05) is 12.4 Å². The largest absolute Gasteiger partial charge is 0.368 e. The molecule has 3 rings (SSSR count). The van der Waals surface area contributed by atoms with Gasteiger partial charge < -0.3 is 19.3 Å². The second-order valence-corrected chi connectivity index (χ2v) is 8.10. The van der Waals surface area contributed by atoms with E-state index in [9.17, 15) is 0 Å². The summed E-state index contributed by atoms with van der Waals surface area (Å²) in [5.74, 6) is 1.03. The minimum atomic E-state index is 0.878. The van der Waals surface area contributed by atoms with Crippen molar-refractivity contribution in [3.63, 3.8) is 0 Å². The van der Waals surface area contributed by atoms with Gasteiger partial charge in [0, 0.05) is 50.2 Å². The van der Waals surface area contributed by atoms with E-state index in [2.05, 4.69) is 89.2 Å². The minimum Gasteiger partial charge on any atom is -0.368 e. The molecule has 0 saturated heterocycles. The number of benzene rings is 1. The van der Waals surface area contributed by atoms with Crippen LogP contribution >= 0.6 is 0 Å². The van der Waals surface area contributed by atoms with Gasteiger partial charge in [-0.05, 0) is 51.3 Å². The summed E-state index contributed by atoms with van der Waals surface area (Å²) >= 11 is 0. The van der Waals surface area contributed by atoms with E-state index in [1.54, 1.807) is 0 Å². The predicted molar refractivity (Wildman–Crippen MR) is 136 cm³/mol. The summed E-state index contributed by atoms with van der Waals surface area (Å²) in [5.41, 5.74) is 4.57. The number of rotatable bonds is 13. The molecule has 0 radical (unpaired) electrons. The molecule has 0 N–H and O–H groups in total. The highest BCUT2D eigenvalue weighted by atomic mass is 15.2. The zero-order chi connectivity index (χ0) is 22.9. The quantitative estimate of drug-likeness (QED) is 0.391. The van der Waals surface area contributed by atoms with Crippen LogP contribution in [0.15, 0.2) is 42.7 Å². The molecule has 0 aliphatic rings. The summed E-state index contributed by atoms with van der Waals surface area (Å²) in [6, 6.07) is 10.8. The van der Waals surface area contributed by atoms with E-state index in [0.29, 0.717) is 0 Å². The van der Waals surface area contributed by atoms with Gasteiger partial charge in [-0.3, -0.25) is 4.98 Å². The topological polar surface area (TPSA) is 40.4 Å². The van der Waals surface area contributed by atoms with Crippen LogP contribution in [0.1, 0.15) is 34.6 Å². The number of imidazole rings is 1. The molecule has 174 valence electrons. The number of likely N-dealkylation sites (N-methyl/N-ethyl adjacent to an activating group) is 2. The van der Waals surface area contributed by atoms with Gasteiger partial charge in [0.05, 0.1) is 11.7 Å². The van der Waals surface area contributed by atoms with Crippen LogP contribution in [0.5, 0.6) is 0 Å². The fourth-order valence-corrected chi connectivity index (χ4v) is 4.40. The van der Waals surface area contributed by atoms with E-state index < -0.39 is 0 Å². The first kappa shape index (κ1) is 24.2. The molecular formula is C26H40N6. The lowest BCUT2D eigenvalue weighted by Crippen LogP contribution is -2.40. The summed E-state index contributed by atoms with van der Waals surface area (Å²) in [6.07, 6.45) is 3.72. The monoisotopic (exact) mass is 436 g/mol. The number of para-hydroxylation sites is 1. The van der Waals surface area contributed by atoms with Gasteiger partial charge in [-0.25, -0.2) is 4.98 Å². The maximum Gasteiger partial charge on any atom is 0.143 e. The zero-order valence-electron chi connectivity index (χ0n) is 20.6. The second-order valence-electron chi connectivity index (χ2n) is 8.10. The van der Waals surface area contributed by atoms with Gasteiger partial charge in [0.15, 0.2) is 0 Å². The van der Waals surface area contributed by atoms with Crippen LogP contribution in [0.25, 0.3) is 22.4 Å². The van der Waals surface area contributed by atoms with E-state index in [1.165, 1.54) is 11.3 Å². The number of nitrogens with zero attached hydrogens (tertiary/aromatic N) is 6. The smallest absolute Gasteiger partial charge is 0.143 e. The summed E-state index contributed by atoms with van der Waals surface area (Å²) in [7, 11) is 0. The number of hydrogen-bond donors (Lipinski definition) is 0. The van der Waals surface area contributed by atoms with Gasteiger partial charge in [0.2, 0.25) is 0 Å².